The first kappa shape index (κ1) is 40.8. The number of pyridine rings is 1. The molecule has 1 aromatic heterocycles. The Morgan fingerprint density at radius 1 is 0.882 bits per heavy atom. The third-order valence-electron chi connectivity index (χ3n) is 10.9. The fourth-order valence-electron chi connectivity index (χ4n) is 7.77. The van der Waals surface area contributed by atoms with Crippen LogP contribution >= 0.6 is 11.8 Å². The molecule has 0 bridgehead atoms. The van der Waals surface area contributed by atoms with E-state index in [4.69, 9.17) is 4.98 Å². The Morgan fingerprint density at radius 2 is 1.53 bits per heavy atom. The molecule has 5 heteroatoms. The minimum absolute atomic E-state index is 0. The van der Waals surface area contributed by atoms with Crippen LogP contribution in [0.4, 0.5) is 0 Å². The molecule has 51 heavy (non-hydrogen) atoms. The van der Waals surface area contributed by atoms with Gasteiger partial charge in [-0.15, -0.1) is 29.3 Å². The second-order valence-electron chi connectivity index (χ2n) is 15.5. The van der Waals surface area contributed by atoms with Gasteiger partial charge in [-0.3, -0.25) is 9.78 Å². The average Bonchev–Trinajstić information content (AvgIpc) is 3.09. The summed E-state index contributed by atoms with van der Waals surface area (Å²) in [5.41, 5.74) is 5.11. The Morgan fingerprint density at radius 3 is 2.14 bits per heavy atom. The molecule has 2 heterocycles. The Kier molecular flexibility index (Phi) is 13.4. The van der Waals surface area contributed by atoms with E-state index in [0.29, 0.717) is 5.92 Å². The maximum atomic E-state index is 12.0. The van der Waals surface area contributed by atoms with E-state index in [1.807, 2.05) is 31.8 Å². The van der Waals surface area contributed by atoms with Gasteiger partial charge in [0.1, 0.15) is 5.76 Å². The van der Waals surface area contributed by atoms with Gasteiger partial charge in [0.05, 0.1) is 0 Å². The minimum atomic E-state index is -0.207. The summed E-state index contributed by atoms with van der Waals surface area (Å²) < 4.78 is 0. The van der Waals surface area contributed by atoms with Crippen LogP contribution in [0.25, 0.3) is 43.6 Å². The van der Waals surface area contributed by atoms with Crippen molar-refractivity contribution in [3.05, 3.63) is 89.8 Å². The largest absolute Gasteiger partial charge is 0.512 e. The van der Waals surface area contributed by atoms with Gasteiger partial charge in [-0.2, -0.15) is 0 Å². The van der Waals surface area contributed by atoms with E-state index >= 15 is 0 Å². The molecule has 1 N–H and O–H groups in total. The first-order chi connectivity index (χ1) is 23.8. The van der Waals surface area contributed by atoms with Crippen LogP contribution in [0.5, 0.6) is 0 Å². The number of rotatable bonds is 10. The molecule has 0 aliphatic carbocycles. The summed E-state index contributed by atoms with van der Waals surface area (Å²) in [6, 6.07) is 23.8. The summed E-state index contributed by atoms with van der Waals surface area (Å²) in [5.74, 6) is 0.831. The Labute approximate surface area is 324 Å². The first-order valence-electron chi connectivity index (χ1n) is 18.8. The zero-order valence-electron chi connectivity index (χ0n) is 32.3. The molecule has 5 aromatic rings. The molecule has 0 fully saturated rings. The number of nitrogens with zero attached hydrogens (tertiary/aromatic N) is 1. The molecule has 0 spiro atoms. The van der Waals surface area contributed by atoms with Crippen molar-refractivity contribution < 1.29 is 30.0 Å². The van der Waals surface area contributed by atoms with E-state index in [-0.39, 0.29) is 48.4 Å². The molecule has 6 rings (SSSR count). The van der Waals surface area contributed by atoms with Crippen molar-refractivity contribution in [1.82, 2.24) is 4.98 Å². The van der Waals surface area contributed by atoms with Crippen molar-refractivity contribution in [3.8, 4) is 11.3 Å². The van der Waals surface area contributed by atoms with Crippen LogP contribution in [0.15, 0.2) is 82.4 Å². The van der Waals surface area contributed by atoms with E-state index in [0.717, 1.165) is 49.8 Å². The molecule has 0 amide bonds. The van der Waals surface area contributed by atoms with Gasteiger partial charge in [-0.05, 0) is 94.0 Å². The molecule has 1 aliphatic heterocycles. The van der Waals surface area contributed by atoms with Gasteiger partial charge >= 0.3 is 0 Å². The summed E-state index contributed by atoms with van der Waals surface area (Å²) in [6.45, 7) is 21.8. The number of allylic oxidation sites excluding steroid dienone is 2. The second-order valence-corrected chi connectivity index (χ2v) is 16.6. The number of ketones is 1. The maximum absolute atomic E-state index is 12.0. The normalized spacial score (nSPS) is 13.0. The smallest absolute Gasteiger partial charge is 0.162 e. The van der Waals surface area contributed by atoms with Crippen molar-refractivity contribution in [3.63, 3.8) is 0 Å². The number of benzene rings is 4. The van der Waals surface area contributed by atoms with Gasteiger partial charge in [0.25, 0.3) is 0 Å². The number of carbonyl (C=O) groups is 1. The molecule has 0 saturated carbocycles. The molecule has 4 aromatic carbocycles. The standard InChI is InChI=1S/C31H28NS.C15H28O2.Ir/c1-18(2)27-21-11-7-6-9-19(21)15-25-29-28-23(13-14-32-29)22-12-8-10-20(17-31(3,4)5)24(22)16-26(28)33-30(25)27;1-6-12(7-2)13(16)11-14(17)15(8-3,9-4)10-5;/h6-14,16,18H,17H2,1-5H3;11-12,17H,6-10H2,1-5H3;/q-1;;/b;14-11-;. The van der Waals surface area contributed by atoms with Crippen LogP contribution in [0, 0.1) is 22.8 Å². The predicted molar refractivity (Wildman–Crippen MR) is 215 cm³/mol. The van der Waals surface area contributed by atoms with Gasteiger partial charge in [0.2, 0.25) is 0 Å². The molecule has 1 aliphatic rings. The molecule has 1 radical (unpaired) electrons. The van der Waals surface area contributed by atoms with E-state index < -0.39 is 0 Å². The van der Waals surface area contributed by atoms with E-state index in [1.54, 1.807) is 0 Å². The fraction of sp³-hybridized carbons (Fsp3) is 0.435. The van der Waals surface area contributed by atoms with Crippen LogP contribution in [0.1, 0.15) is 118 Å². The Bertz CT molecular complexity index is 2040. The topological polar surface area (TPSA) is 50.2 Å². The zero-order chi connectivity index (χ0) is 36.4. The van der Waals surface area contributed by atoms with E-state index in [9.17, 15) is 9.90 Å². The number of fused-ring (bicyclic) bond motifs is 5. The summed E-state index contributed by atoms with van der Waals surface area (Å²) >= 11 is 1.92. The summed E-state index contributed by atoms with van der Waals surface area (Å²) in [4.78, 5) is 19.5. The van der Waals surface area contributed by atoms with Crippen LogP contribution < -0.4 is 0 Å². The number of hydrogen-bond acceptors (Lipinski definition) is 4. The van der Waals surface area contributed by atoms with E-state index in [1.165, 1.54) is 59.3 Å². The van der Waals surface area contributed by atoms with Crippen LogP contribution in [0.2, 0.25) is 0 Å². The predicted octanol–water partition coefficient (Wildman–Crippen LogP) is 13.8. The van der Waals surface area contributed by atoms with E-state index in [2.05, 4.69) is 116 Å². The van der Waals surface area contributed by atoms with Gasteiger partial charge in [-0.25, -0.2) is 0 Å². The van der Waals surface area contributed by atoms with Gasteiger partial charge in [0, 0.05) is 54.3 Å². The molecule has 0 atom stereocenters. The molecule has 0 saturated heterocycles. The fourth-order valence-corrected chi connectivity index (χ4v) is 9.18. The Balaban J connectivity index is 0.000000279. The first-order valence-corrected chi connectivity index (χ1v) is 19.6. The Hall–Kier alpha value is -2.98. The third kappa shape index (κ3) is 8.17. The summed E-state index contributed by atoms with van der Waals surface area (Å²) in [6.07, 6.45) is 8.83. The number of aliphatic hydroxyl groups excluding tert-OH is 1. The average molecular weight is 879 g/mol. The van der Waals surface area contributed by atoms with Crippen LogP contribution in [0.3, 0.4) is 0 Å². The molecular formula is C46H56IrNO2S-. The number of hydrogen-bond donors (Lipinski definition) is 1. The summed E-state index contributed by atoms with van der Waals surface area (Å²) in [5, 5.41) is 18.0. The second kappa shape index (κ2) is 16.8. The zero-order valence-corrected chi connectivity index (χ0v) is 35.5. The monoisotopic (exact) mass is 879 g/mol. The maximum Gasteiger partial charge on any atom is 0.162 e. The molecule has 0 unspecified atom stereocenters. The van der Waals surface area contributed by atoms with Gasteiger partial charge in [0.15, 0.2) is 5.78 Å². The van der Waals surface area contributed by atoms with Crippen LogP contribution in [-0.2, 0) is 31.3 Å². The number of aliphatic hydroxyl groups is 1. The van der Waals surface area contributed by atoms with Crippen LogP contribution in [-0.4, -0.2) is 15.9 Å². The van der Waals surface area contributed by atoms with Crippen molar-refractivity contribution in [1.29, 1.82) is 0 Å². The van der Waals surface area contributed by atoms with Crippen molar-refractivity contribution >= 4 is 49.9 Å². The van der Waals surface area contributed by atoms with Gasteiger partial charge < -0.3 is 5.11 Å². The van der Waals surface area contributed by atoms with Crippen molar-refractivity contribution in [2.45, 2.75) is 123 Å². The summed E-state index contributed by atoms with van der Waals surface area (Å²) in [7, 11) is 0. The SMILES string of the molecule is CC(C)c1c2c([c-]c3ccccc13)-c1nccc3c1c(cc1c(CC(C)(C)C)cccc13)S2.CCC(CC)C(=O)/C=C(\O)C(CC)(CC)CC.[Ir]. The third-order valence-corrected chi connectivity index (χ3v) is 12.1. The quantitative estimate of drug-likeness (QED) is 0.0645. The van der Waals surface area contributed by atoms with Crippen molar-refractivity contribution in [2.75, 3.05) is 0 Å². The number of aromatic nitrogens is 1. The number of carbonyl (C=O) groups excluding carboxylic acids is 1. The molecular weight excluding hydrogens is 823 g/mol. The van der Waals surface area contributed by atoms with Gasteiger partial charge in [-0.1, -0.05) is 122 Å². The molecule has 3 nitrogen and oxygen atoms in total. The molecule has 273 valence electrons. The van der Waals surface area contributed by atoms with Crippen molar-refractivity contribution in [2.24, 2.45) is 16.7 Å². The minimum Gasteiger partial charge on any atom is -0.512 e.